The van der Waals surface area contributed by atoms with Gasteiger partial charge in [0, 0.05) is 0 Å². The molecule has 0 unspecified atom stereocenters. The van der Waals surface area contributed by atoms with Crippen LogP contribution in [-0.2, 0) is 0 Å². The van der Waals surface area contributed by atoms with Gasteiger partial charge in [-0.2, -0.15) is 0 Å². The Morgan fingerprint density at radius 2 is 2.17 bits per heavy atom. The molecule has 0 radical (unpaired) electrons. The van der Waals surface area contributed by atoms with Crippen LogP contribution in [0.3, 0.4) is 0 Å². The molecule has 0 saturated heterocycles. The maximum absolute atomic E-state index is 12.0. The van der Waals surface area contributed by atoms with Crippen LogP contribution in [0.15, 0.2) is 29.1 Å². The normalized spacial score (nSPS) is 15.7. The van der Waals surface area contributed by atoms with Crippen molar-refractivity contribution in [2.75, 3.05) is 0 Å². The second-order valence-corrected chi connectivity index (χ2v) is 4.56. The van der Waals surface area contributed by atoms with E-state index in [1.165, 1.54) is 6.42 Å². The van der Waals surface area contributed by atoms with Crippen molar-refractivity contribution in [3.63, 3.8) is 0 Å². The fourth-order valence-electron chi connectivity index (χ4n) is 2.35. The SMILES string of the molecule is O=c1[nH]c(C2=CCCCC2)nc2c(O)cccc12. The minimum atomic E-state index is -0.197. The molecule has 3 rings (SSSR count). The maximum atomic E-state index is 12.0. The Bertz CT molecular complexity index is 686. The summed E-state index contributed by atoms with van der Waals surface area (Å²) >= 11 is 0. The molecule has 18 heavy (non-hydrogen) atoms. The Hall–Kier alpha value is -2.10. The Morgan fingerprint density at radius 1 is 1.28 bits per heavy atom. The van der Waals surface area contributed by atoms with Crippen LogP contribution in [0.25, 0.3) is 16.5 Å². The van der Waals surface area contributed by atoms with Gasteiger partial charge in [0.05, 0.1) is 5.39 Å². The minimum Gasteiger partial charge on any atom is -0.506 e. The fraction of sp³-hybridized carbons (Fsp3) is 0.286. The molecular weight excluding hydrogens is 228 g/mol. The molecular formula is C14H14N2O2. The van der Waals surface area contributed by atoms with Crippen molar-refractivity contribution in [3.05, 3.63) is 40.5 Å². The molecule has 0 saturated carbocycles. The van der Waals surface area contributed by atoms with E-state index in [0.717, 1.165) is 24.8 Å². The van der Waals surface area contributed by atoms with Crippen molar-refractivity contribution in [2.24, 2.45) is 0 Å². The standard InChI is InChI=1S/C14H14N2O2/c17-11-8-4-7-10-12(11)15-13(16-14(10)18)9-5-2-1-3-6-9/h4-5,7-8,17H,1-3,6H2,(H,15,16,18). The van der Waals surface area contributed by atoms with Gasteiger partial charge in [-0.25, -0.2) is 4.98 Å². The first-order chi connectivity index (χ1) is 8.75. The molecule has 1 aliphatic rings. The summed E-state index contributed by atoms with van der Waals surface area (Å²) in [6.45, 7) is 0. The number of hydrogen-bond acceptors (Lipinski definition) is 3. The number of phenols is 1. The van der Waals surface area contributed by atoms with E-state index in [9.17, 15) is 9.90 Å². The van der Waals surface area contributed by atoms with E-state index in [-0.39, 0.29) is 11.3 Å². The van der Waals surface area contributed by atoms with Gasteiger partial charge >= 0.3 is 0 Å². The van der Waals surface area contributed by atoms with E-state index in [1.807, 2.05) is 0 Å². The topological polar surface area (TPSA) is 66.0 Å². The summed E-state index contributed by atoms with van der Waals surface area (Å²) in [5.41, 5.74) is 1.25. The number of aromatic hydroxyl groups is 1. The van der Waals surface area contributed by atoms with Gasteiger partial charge in [0.1, 0.15) is 17.1 Å². The maximum Gasteiger partial charge on any atom is 0.259 e. The quantitative estimate of drug-likeness (QED) is 0.807. The van der Waals surface area contributed by atoms with Crippen LogP contribution in [0.5, 0.6) is 5.75 Å². The van der Waals surface area contributed by atoms with Gasteiger partial charge < -0.3 is 10.1 Å². The van der Waals surface area contributed by atoms with Crippen molar-refractivity contribution in [1.82, 2.24) is 9.97 Å². The Labute approximate surface area is 104 Å². The van der Waals surface area contributed by atoms with Crippen LogP contribution < -0.4 is 5.56 Å². The number of para-hydroxylation sites is 1. The van der Waals surface area contributed by atoms with E-state index in [4.69, 9.17) is 0 Å². The highest BCUT2D eigenvalue weighted by Gasteiger charge is 2.12. The number of aromatic amines is 1. The first kappa shape index (κ1) is 11.0. The van der Waals surface area contributed by atoms with Gasteiger partial charge in [-0.3, -0.25) is 4.79 Å². The minimum absolute atomic E-state index is 0.0521. The second-order valence-electron chi connectivity index (χ2n) is 4.56. The number of phenolic OH excluding ortho intramolecular Hbond substituents is 1. The second kappa shape index (κ2) is 4.29. The van der Waals surface area contributed by atoms with E-state index >= 15 is 0 Å². The smallest absolute Gasteiger partial charge is 0.259 e. The Morgan fingerprint density at radius 3 is 2.94 bits per heavy atom. The average Bonchev–Trinajstić information content (AvgIpc) is 2.41. The summed E-state index contributed by atoms with van der Waals surface area (Å²) in [6, 6.07) is 4.86. The molecule has 0 fully saturated rings. The fourth-order valence-corrected chi connectivity index (χ4v) is 2.35. The number of rotatable bonds is 1. The van der Waals surface area contributed by atoms with Crippen LogP contribution in [-0.4, -0.2) is 15.1 Å². The van der Waals surface area contributed by atoms with E-state index in [1.54, 1.807) is 18.2 Å². The van der Waals surface area contributed by atoms with Gasteiger partial charge in [-0.05, 0) is 43.4 Å². The molecule has 2 N–H and O–H groups in total. The number of nitrogens with one attached hydrogen (secondary N) is 1. The largest absolute Gasteiger partial charge is 0.506 e. The number of aromatic nitrogens is 2. The average molecular weight is 242 g/mol. The highest BCUT2D eigenvalue weighted by atomic mass is 16.3. The lowest BCUT2D eigenvalue weighted by molar-refractivity contribution is 0.480. The third-order valence-corrected chi connectivity index (χ3v) is 3.31. The first-order valence-electron chi connectivity index (χ1n) is 6.17. The highest BCUT2D eigenvalue weighted by molar-refractivity contribution is 5.84. The van der Waals surface area contributed by atoms with Gasteiger partial charge in [0.15, 0.2) is 0 Å². The third-order valence-electron chi connectivity index (χ3n) is 3.31. The van der Waals surface area contributed by atoms with E-state index in [2.05, 4.69) is 16.0 Å². The van der Waals surface area contributed by atoms with Crippen LogP contribution in [0, 0.1) is 0 Å². The first-order valence-corrected chi connectivity index (χ1v) is 6.17. The molecule has 0 aliphatic heterocycles. The van der Waals surface area contributed by atoms with Crippen molar-refractivity contribution < 1.29 is 5.11 Å². The predicted molar refractivity (Wildman–Crippen MR) is 70.5 cm³/mol. The van der Waals surface area contributed by atoms with Crippen LogP contribution >= 0.6 is 0 Å². The van der Waals surface area contributed by atoms with Gasteiger partial charge in [-0.15, -0.1) is 0 Å². The molecule has 0 spiro atoms. The molecule has 4 nitrogen and oxygen atoms in total. The monoisotopic (exact) mass is 242 g/mol. The number of fused-ring (bicyclic) bond motifs is 1. The number of nitrogens with zero attached hydrogens (tertiary/aromatic N) is 1. The molecule has 0 amide bonds. The van der Waals surface area contributed by atoms with Crippen molar-refractivity contribution in [1.29, 1.82) is 0 Å². The molecule has 1 aromatic heterocycles. The van der Waals surface area contributed by atoms with Crippen LogP contribution in [0.4, 0.5) is 0 Å². The molecule has 1 heterocycles. The van der Waals surface area contributed by atoms with Crippen molar-refractivity contribution in [2.45, 2.75) is 25.7 Å². The van der Waals surface area contributed by atoms with Crippen molar-refractivity contribution >= 4 is 16.5 Å². The Kier molecular flexibility index (Phi) is 2.63. The zero-order chi connectivity index (χ0) is 12.5. The Balaban J connectivity index is 2.23. The number of hydrogen-bond donors (Lipinski definition) is 2. The number of H-pyrrole nitrogens is 1. The molecule has 0 bridgehead atoms. The summed E-state index contributed by atoms with van der Waals surface area (Å²) in [7, 11) is 0. The zero-order valence-corrected chi connectivity index (χ0v) is 9.94. The lowest BCUT2D eigenvalue weighted by Gasteiger charge is -2.12. The summed E-state index contributed by atoms with van der Waals surface area (Å²) in [6.07, 6.45) is 6.38. The zero-order valence-electron chi connectivity index (χ0n) is 9.94. The number of benzene rings is 1. The predicted octanol–water partition coefficient (Wildman–Crippen LogP) is 2.59. The number of allylic oxidation sites excluding steroid dienone is 2. The van der Waals surface area contributed by atoms with Crippen LogP contribution in [0.2, 0.25) is 0 Å². The molecule has 1 aliphatic carbocycles. The summed E-state index contributed by atoms with van der Waals surface area (Å²) in [5, 5.41) is 10.2. The lowest BCUT2D eigenvalue weighted by atomic mass is 9.99. The summed E-state index contributed by atoms with van der Waals surface area (Å²) in [5.74, 6) is 0.643. The molecule has 2 aromatic rings. The van der Waals surface area contributed by atoms with E-state index < -0.39 is 0 Å². The summed E-state index contributed by atoms with van der Waals surface area (Å²) < 4.78 is 0. The van der Waals surface area contributed by atoms with Gasteiger partial charge in [-0.1, -0.05) is 12.1 Å². The van der Waals surface area contributed by atoms with Gasteiger partial charge in [0.25, 0.3) is 5.56 Å². The molecule has 1 aromatic carbocycles. The third kappa shape index (κ3) is 1.79. The van der Waals surface area contributed by atoms with E-state index in [0.29, 0.717) is 16.7 Å². The molecule has 4 heteroatoms. The van der Waals surface area contributed by atoms with Crippen LogP contribution in [0.1, 0.15) is 31.5 Å². The lowest BCUT2D eigenvalue weighted by Crippen LogP contribution is -2.12. The summed E-state index contributed by atoms with van der Waals surface area (Å²) in [4.78, 5) is 19.1. The highest BCUT2D eigenvalue weighted by Crippen LogP contribution is 2.26. The molecule has 92 valence electrons. The van der Waals surface area contributed by atoms with Gasteiger partial charge in [0.2, 0.25) is 0 Å². The van der Waals surface area contributed by atoms with Crippen molar-refractivity contribution in [3.8, 4) is 5.75 Å². The molecule has 0 atom stereocenters.